The minimum Gasteiger partial charge on any atom is -0.494 e. The molecule has 2 nitrogen and oxygen atoms in total. The maximum Gasteiger partial charge on any atom is 0.145 e. The second kappa shape index (κ2) is 5.38. The zero-order valence-electron chi connectivity index (χ0n) is 11.5. The van der Waals surface area contributed by atoms with Crippen LogP contribution in [0.1, 0.15) is 37.8 Å². The van der Waals surface area contributed by atoms with E-state index in [1.165, 1.54) is 17.7 Å². The molecule has 1 aliphatic heterocycles. The van der Waals surface area contributed by atoms with Gasteiger partial charge in [0.1, 0.15) is 11.4 Å². The van der Waals surface area contributed by atoms with Crippen molar-refractivity contribution < 1.29 is 4.74 Å². The first kappa shape index (κ1) is 12.9. The maximum absolute atomic E-state index is 5.42. The monoisotopic (exact) mass is 243 g/mol. The molecule has 18 heavy (non-hydrogen) atoms. The fourth-order valence-corrected chi connectivity index (χ4v) is 2.24. The largest absolute Gasteiger partial charge is 0.494 e. The molecule has 2 heteroatoms. The maximum atomic E-state index is 5.42. The van der Waals surface area contributed by atoms with Gasteiger partial charge in [-0.25, -0.2) is 0 Å². The SMILES string of the molecule is C=Cc1cc2c(c(OC)c1)N=C(CCC(C)C)C2. The molecular weight excluding hydrogens is 222 g/mol. The highest BCUT2D eigenvalue weighted by Crippen LogP contribution is 2.38. The van der Waals surface area contributed by atoms with Crippen LogP contribution in [0.4, 0.5) is 5.69 Å². The molecule has 0 aliphatic carbocycles. The third-order valence-electron chi connectivity index (χ3n) is 3.31. The number of hydrogen-bond donors (Lipinski definition) is 0. The lowest BCUT2D eigenvalue weighted by Gasteiger charge is -2.06. The van der Waals surface area contributed by atoms with Gasteiger partial charge in [-0.2, -0.15) is 0 Å². The first-order valence-corrected chi connectivity index (χ1v) is 6.53. The fourth-order valence-electron chi connectivity index (χ4n) is 2.24. The van der Waals surface area contributed by atoms with Gasteiger partial charge in [-0.1, -0.05) is 26.5 Å². The summed E-state index contributed by atoms with van der Waals surface area (Å²) in [5.41, 5.74) is 4.66. The average molecular weight is 243 g/mol. The number of nitrogens with zero attached hydrogens (tertiary/aromatic N) is 1. The molecule has 0 amide bonds. The number of benzene rings is 1. The molecule has 0 aromatic heterocycles. The smallest absolute Gasteiger partial charge is 0.145 e. The van der Waals surface area contributed by atoms with Crippen molar-refractivity contribution in [3.8, 4) is 5.75 Å². The van der Waals surface area contributed by atoms with Gasteiger partial charge in [0.2, 0.25) is 0 Å². The van der Waals surface area contributed by atoms with Crippen molar-refractivity contribution in [2.24, 2.45) is 10.9 Å². The number of aliphatic imine (C=N–C) groups is 1. The topological polar surface area (TPSA) is 21.6 Å². The number of hydrogen-bond acceptors (Lipinski definition) is 2. The molecule has 0 saturated heterocycles. The summed E-state index contributed by atoms with van der Waals surface area (Å²) in [5.74, 6) is 1.59. The van der Waals surface area contributed by atoms with Crippen LogP contribution < -0.4 is 4.74 Å². The van der Waals surface area contributed by atoms with Gasteiger partial charge in [-0.05, 0) is 42.0 Å². The Labute approximate surface area is 109 Å². The second-order valence-corrected chi connectivity index (χ2v) is 5.22. The fraction of sp³-hybridized carbons (Fsp3) is 0.438. The van der Waals surface area contributed by atoms with Gasteiger partial charge >= 0.3 is 0 Å². The third-order valence-corrected chi connectivity index (χ3v) is 3.31. The average Bonchev–Trinajstić information content (AvgIpc) is 2.77. The van der Waals surface area contributed by atoms with Crippen LogP contribution in [0.5, 0.6) is 5.75 Å². The first-order valence-electron chi connectivity index (χ1n) is 6.53. The van der Waals surface area contributed by atoms with E-state index in [9.17, 15) is 0 Å². The van der Waals surface area contributed by atoms with Crippen LogP contribution in [0.15, 0.2) is 23.7 Å². The zero-order valence-corrected chi connectivity index (χ0v) is 11.5. The number of rotatable bonds is 5. The Hall–Kier alpha value is -1.57. The molecule has 0 fully saturated rings. The van der Waals surface area contributed by atoms with E-state index < -0.39 is 0 Å². The Morgan fingerprint density at radius 1 is 1.44 bits per heavy atom. The molecule has 0 N–H and O–H groups in total. The molecule has 0 saturated carbocycles. The molecule has 1 aliphatic rings. The van der Waals surface area contributed by atoms with Crippen molar-refractivity contribution in [1.29, 1.82) is 0 Å². The summed E-state index contributed by atoms with van der Waals surface area (Å²) in [6.45, 7) is 8.32. The molecule has 2 rings (SSSR count). The van der Waals surface area contributed by atoms with Gasteiger partial charge in [0.05, 0.1) is 7.11 Å². The van der Waals surface area contributed by atoms with Gasteiger partial charge < -0.3 is 4.74 Å². The number of ether oxygens (including phenoxy) is 1. The summed E-state index contributed by atoms with van der Waals surface area (Å²) in [7, 11) is 1.70. The van der Waals surface area contributed by atoms with Crippen molar-refractivity contribution in [1.82, 2.24) is 0 Å². The predicted molar refractivity (Wildman–Crippen MR) is 78.0 cm³/mol. The van der Waals surface area contributed by atoms with E-state index in [4.69, 9.17) is 9.73 Å². The van der Waals surface area contributed by atoms with Crippen molar-refractivity contribution in [3.05, 3.63) is 29.8 Å². The van der Waals surface area contributed by atoms with Crippen molar-refractivity contribution in [2.75, 3.05) is 7.11 Å². The van der Waals surface area contributed by atoms with Gasteiger partial charge in [0.15, 0.2) is 0 Å². The lowest BCUT2D eigenvalue weighted by molar-refractivity contribution is 0.416. The van der Waals surface area contributed by atoms with Crippen molar-refractivity contribution >= 4 is 17.5 Å². The molecular formula is C16H21NO. The summed E-state index contributed by atoms with van der Waals surface area (Å²) >= 11 is 0. The lowest BCUT2D eigenvalue weighted by atomic mass is 10.0. The molecule has 0 unspecified atom stereocenters. The zero-order chi connectivity index (χ0) is 13.1. The highest BCUT2D eigenvalue weighted by molar-refractivity contribution is 5.95. The number of fused-ring (bicyclic) bond motifs is 1. The Kier molecular flexibility index (Phi) is 3.85. The summed E-state index contributed by atoms with van der Waals surface area (Å²) in [6.07, 6.45) is 5.09. The Morgan fingerprint density at radius 3 is 2.83 bits per heavy atom. The van der Waals surface area contributed by atoms with E-state index in [1.807, 2.05) is 12.1 Å². The predicted octanol–water partition coefficient (Wildman–Crippen LogP) is 4.40. The van der Waals surface area contributed by atoms with Crippen molar-refractivity contribution in [3.63, 3.8) is 0 Å². The van der Waals surface area contributed by atoms with Gasteiger partial charge in [-0.15, -0.1) is 0 Å². The van der Waals surface area contributed by atoms with Crippen LogP contribution in [-0.2, 0) is 6.42 Å². The highest BCUT2D eigenvalue weighted by Gasteiger charge is 2.19. The lowest BCUT2D eigenvalue weighted by Crippen LogP contribution is -2.00. The summed E-state index contributed by atoms with van der Waals surface area (Å²) < 4.78 is 5.42. The molecule has 1 heterocycles. The quantitative estimate of drug-likeness (QED) is 0.751. The standard InChI is InChI=1S/C16H21NO/c1-5-12-8-13-10-14(7-6-11(2)3)17-16(13)15(9-12)18-4/h5,8-9,11H,1,6-7,10H2,2-4H3. The van der Waals surface area contributed by atoms with Crippen LogP contribution in [-0.4, -0.2) is 12.8 Å². The van der Waals surface area contributed by atoms with Crippen LogP contribution in [0.25, 0.3) is 6.08 Å². The Bertz CT molecular complexity index is 486. The molecule has 0 atom stereocenters. The Balaban J connectivity index is 2.23. The third kappa shape index (κ3) is 2.63. The Morgan fingerprint density at radius 2 is 2.22 bits per heavy atom. The van der Waals surface area contributed by atoms with Gasteiger partial charge in [-0.3, -0.25) is 4.99 Å². The summed E-state index contributed by atoms with van der Waals surface area (Å²) in [6, 6.07) is 4.16. The molecule has 96 valence electrons. The van der Waals surface area contributed by atoms with Gasteiger partial charge in [0.25, 0.3) is 0 Å². The molecule has 1 aromatic rings. The highest BCUT2D eigenvalue weighted by atomic mass is 16.5. The molecule has 1 aromatic carbocycles. The van der Waals surface area contributed by atoms with E-state index in [2.05, 4.69) is 26.5 Å². The minimum atomic E-state index is 0.724. The van der Waals surface area contributed by atoms with E-state index in [1.54, 1.807) is 7.11 Å². The van der Waals surface area contributed by atoms with Crippen molar-refractivity contribution in [2.45, 2.75) is 33.1 Å². The normalized spacial score (nSPS) is 13.4. The van der Waals surface area contributed by atoms with E-state index in [0.717, 1.165) is 35.8 Å². The molecule has 0 bridgehead atoms. The minimum absolute atomic E-state index is 0.724. The summed E-state index contributed by atoms with van der Waals surface area (Å²) in [5, 5.41) is 0. The van der Waals surface area contributed by atoms with E-state index in [0.29, 0.717) is 0 Å². The van der Waals surface area contributed by atoms with E-state index in [-0.39, 0.29) is 0 Å². The van der Waals surface area contributed by atoms with Crippen LogP contribution >= 0.6 is 0 Å². The van der Waals surface area contributed by atoms with Gasteiger partial charge in [0, 0.05) is 12.1 Å². The van der Waals surface area contributed by atoms with E-state index >= 15 is 0 Å². The molecule has 0 radical (unpaired) electrons. The first-order chi connectivity index (χ1) is 8.63. The van der Waals surface area contributed by atoms with Crippen LogP contribution in [0.2, 0.25) is 0 Å². The number of methoxy groups -OCH3 is 1. The second-order valence-electron chi connectivity index (χ2n) is 5.22. The summed E-state index contributed by atoms with van der Waals surface area (Å²) in [4.78, 5) is 4.73. The van der Waals surface area contributed by atoms with Crippen LogP contribution in [0.3, 0.4) is 0 Å². The van der Waals surface area contributed by atoms with Crippen LogP contribution in [0, 0.1) is 5.92 Å². The molecule has 0 spiro atoms.